The van der Waals surface area contributed by atoms with Crippen molar-refractivity contribution >= 4 is 33.6 Å². The number of hydrogen-bond donors (Lipinski definition) is 2. The lowest BCUT2D eigenvalue weighted by Crippen LogP contribution is -2.25. The fourth-order valence-corrected chi connectivity index (χ4v) is 2.61. The summed E-state index contributed by atoms with van der Waals surface area (Å²) in [6.07, 6.45) is 0. The highest BCUT2D eigenvalue weighted by Gasteiger charge is 2.12. The molecule has 94 valence electrons. The Morgan fingerprint density at radius 1 is 1.47 bits per heavy atom. The van der Waals surface area contributed by atoms with E-state index in [1.165, 1.54) is 0 Å². The van der Waals surface area contributed by atoms with Gasteiger partial charge in [0.25, 0.3) is 0 Å². The van der Waals surface area contributed by atoms with Crippen LogP contribution >= 0.6 is 27.7 Å². The second kappa shape index (κ2) is 7.74. The molecule has 5 heteroatoms. The molecule has 1 atom stereocenters. The van der Waals surface area contributed by atoms with Gasteiger partial charge in [-0.05, 0) is 24.6 Å². The summed E-state index contributed by atoms with van der Waals surface area (Å²) in [4.78, 5) is 11.4. The molecule has 17 heavy (non-hydrogen) atoms. The first-order valence-corrected chi connectivity index (χ1v) is 7.35. The van der Waals surface area contributed by atoms with E-state index in [0.717, 1.165) is 10.0 Å². The van der Waals surface area contributed by atoms with Crippen LogP contribution in [0, 0.1) is 0 Å². The van der Waals surface area contributed by atoms with Crippen LogP contribution in [0.15, 0.2) is 28.7 Å². The summed E-state index contributed by atoms with van der Waals surface area (Å²) in [5, 5.41) is 2.95. The Kier molecular flexibility index (Phi) is 6.62. The van der Waals surface area contributed by atoms with Gasteiger partial charge in [0.1, 0.15) is 0 Å². The molecule has 1 aromatic carbocycles. The van der Waals surface area contributed by atoms with E-state index in [1.807, 2.05) is 31.2 Å². The van der Waals surface area contributed by atoms with Crippen molar-refractivity contribution in [3.05, 3.63) is 34.3 Å². The van der Waals surface area contributed by atoms with E-state index in [9.17, 15) is 4.79 Å². The third-order valence-electron chi connectivity index (χ3n) is 2.25. The summed E-state index contributed by atoms with van der Waals surface area (Å²) in [6, 6.07) is 8.05. The predicted molar refractivity (Wildman–Crippen MR) is 77.1 cm³/mol. The molecular formula is C12H17BrN2OS. The Morgan fingerprint density at radius 3 is 2.65 bits per heavy atom. The van der Waals surface area contributed by atoms with Gasteiger partial charge in [0, 0.05) is 22.8 Å². The maximum absolute atomic E-state index is 11.4. The molecule has 0 aliphatic heterocycles. The van der Waals surface area contributed by atoms with E-state index in [4.69, 9.17) is 5.73 Å². The van der Waals surface area contributed by atoms with Crippen LogP contribution in [0.4, 0.5) is 0 Å². The molecule has 0 heterocycles. The standard InChI is InChI=1S/C12H17BrN2OS/c1-2-15-12(16)8-17-11(7-14)9-3-5-10(13)6-4-9/h3-6,11H,2,7-8,14H2,1H3,(H,15,16). The number of rotatable bonds is 6. The fourth-order valence-electron chi connectivity index (χ4n) is 1.40. The van der Waals surface area contributed by atoms with Gasteiger partial charge in [0.2, 0.25) is 5.91 Å². The van der Waals surface area contributed by atoms with Crippen LogP contribution in [-0.4, -0.2) is 24.7 Å². The van der Waals surface area contributed by atoms with Gasteiger partial charge in [-0.1, -0.05) is 28.1 Å². The van der Waals surface area contributed by atoms with Gasteiger partial charge in [-0.15, -0.1) is 11.8 Å². The number of hydrogen-bond acceptors (Lipinski definition) is 3. The zero-order chi connectivity index (χ0) is 12.7. The van der Waals surface area contributed by atoms with Crippen LogP contribution in [0.2, 0.25) is 0 Å². The summed E-state index contributed by atoms with van der Waals surface area (Å²) < 4.78 is 1.05. The number of nitrogens with one attached hydrogen (secondary N) is 1. The molecule has 0 radical (unpaired) electrons. The molecule has 3 N–H and O–H groups in total. The van der Waals surface area contributed by atoms with Crippen molar-refractivity contribution in [1.82, 2.24) is 5.32 Å². The summed E-state index contributed by atoms with van der Waals surface area (Å²) in [7, 11) is 0. The Hall–Kier alpha value is -0.520. The summed E-state index contributed by atoms with van der Waals surface area (Å²) in [5.74, 6) is 0.513. The van der Waals surface area contributed by atoms with E-state index in [-0.39, 0.29) is 11.2 Å². The number of amides is 1. The number of nitrogens with two attached hydrogens (primary N) is 1. The van der Waals surface area contributed by atoms with Gasteiger partial charge in [-0.25, -0.2) is 0 Å². The van der Waals surface area contributed by atoms with Gasteiger partial charge in [0.15, 0.2) is 0 Å². The first-order chi connectivity index (χ1) is 8.17. The van der Waals surface area contributed by atoms with Crippen molar-refractivity contribution in [3.8, 4) is 0 Å². The van der Waals surface area contributed by atoms with Crippen molar-refractivity contribution in [2.75, 3.05) is 18.8 Å². The fraction of sp³-hybridized carbons (Fsp3) is 0.417. The summed E-state index contributed by atoms with van der Waals surface area (Å²) in [6.45, 7) is 3.12. The predicted octanol–water partition coefficient (Wildman–Crippen LogP) is 2.32. The molecule has 0 aromatic heterocycles. The topological polar surface area (TPSA) is 55.1 Å². The highest BCUT2D eigenvalue weighted by Crippen LogP contribution is 2.28. The van der Waals surface area contributed by atoms with Crippen LogP contribution < -0.4 is 11.1 Å². The minimum absolute atomic E-state index is 0.0630. The quantitative estimate of drug-likeness (QED) is 0.846. The van der Waals surface area contributed by atoms with E-state index < -0.39 is 0 Å². The average molecular weight is 317 g/mol. The minimum atomic E-state index is 0.0630. The van der Waals surface area contributed by atoms with Crippen molar-refractivity contribution in [2.45, 2.75) is 12.2 Å². The second-order valence-electron chi connectivity index (χ2n) is 3.54. The van der Waals surface area contributed by atoms with Gasteiger partial charge in [0.05, 0.1) is 5.75 Å². The minimum Gasteiger partial charge on any atom is -0.356 e. The molecule has 0 saturated carbocycles. The van der Waals surface area contributed by atoms with Crippen molar-refractivity contribution in [1.29, 1.82) is 0 Å². The monoisotopic (exact) mass is 316 g/mol. The zero-order valence-electron chi connectivity index (χ0n) is 9.78. The molecule has 1 aromatic rings. The number of benzene rings is 1. The van der Waals surface area contributed by atoms with E-state index >= 15 is 0 Å². The molecule has 1 amide bonds. The molecule has 0 aliphatic rings. The Morgan fingerprint density at radius 2 is 2.12 bits per heavy atom. The van der Waals surface area contributed by atoms with Gasteiger partial charge < -0.3 is 11.1 Å². The largest absolute Gasteiger partial charge is 0.356 e. The van der Waals surface area contributed by atoms with Crippen molar-refractivity contribution in [2.24, 2.45) is 5.73 Å². The molecule has 0 aliphatic carbocycles. The van der Waals surface area contributed by atoms with E-state index in [1.54, 1.807) is 11.8 Å². The molecule has 1 rings (SSSR count). The van der Waals surface area contributed by atoms with Crippen LogP contribution in [0.3, 0.4) is 0 Å². The summed E-state index contributed by atoms with van der Waals surface area (Å²) >= 11 is 4.97. The lowest BCUT2D eigenvalue weighted by Gasteiger charge is -2.14. The highest BCUT2D eigenvalue weighted by molar-refractivity contribution is 9.10. The third kappa shape index (κ3) is 5.10. The lowest BCUT2D eigenvalue weighted by molar-refractivity contribution is -0.118. The third-order valence-corrected chi connectivity index (χ3v) is 4.07. The van der Waals surface area contributed by atoms with Crippen LogP contribution in [-0.2, 0) is 4.79 Å². The van der Waals surface area contributed by atoms with Gasteiger partial charge >= 0.3 is 0 Å². The number of halogens is 1. The Bertz CT molecular complexity index is 356. The molecule has 0 spiro atoms. The normalized spacial score (nSPS) is 12.2. The maximum Gasteiger partial charge on any atom is 0.230 e. The van der Waals surface area contributed by atoms with E-state index in [0.29, 0.717) is 18.8 Å². The Balaban J connectivity index is 2.54. The first-order valence-electron chi connectivity index (χ1n) is 5.51. The second-order valence-corrected chi connectivity index (χ2v) is 5.65. The van der Waals surface area contributed by atoms with Crippen molar-refractivity contribution in [3.63, 3.8) is 0 Å². The number of carbonyl (C=O) groups is 1. The number of carbonyl (C=O) groups excluding carboxylic acids is 1. The molecule has 0 bridgehead atoms. The van der Waals surface area contributed by atoms with Crippen molar-refractivity contribution < 1.29 is 4.79 Å². The molecule has 3 nitrogen and oxygen atoms in total. The zero-order valence-corrected chi connectivity index (χ0v) is 12.2. The van der Waals surface area contributed by atoms with Crippen LogP contribution in [0.25, 0.3) is 0 Å². The lowest BCUT2D eigenvalue weighted by atomic mass is 10.1. The van der Waals surface area contributed by atoms with E-state index in [2.05, 4.69) is 21.2 Å². The highest BCUT2D eigenvalue weighted by atomic mass is 79.9. The molecule has 1 unspecified atom stereocenters. The maximum atomic E-state index is 11.4. The molecule has 0 fully saturated rings. The molecular weight excluding hydrogens is 300 g/mol. The average Bonchev–Trinajstić information content (AvgIpc) is 2.32. The Labute approximate surface area is 115 Å². The van der Waals surface area contributed by atoms with Gasteiger partial charge in [-0.3, -0.25) is 4.79 Å². The van der Waals surface area contributed by atoms with Crippen LogP contribution in [0.5, 0.6) is 0 Å². The molecule has 0 saturated heterocycles. The number of thioether (sulfide) groups is 1. The first kappa shape index (κ1) is 14.5. The summed E-state index contributed by atoms with van der Waals surface area (Å²) in [5.41, 5.74) is 6.90. The van der Waals surface area contributed by atoms with Crippen LogP contribution in [0.1, 0.15) is 17.7 Å². The smallest absolute Gasteiger partial charge is 0.230 e. The SMILES string of the molecule is CCNC(=O)CSC(CN)c1ccc(Br)cc1. The van der Waals surface area contributed by atoms with Gasteiger partial charge in [-0.2, -0.15) is 0 Å².